The van der Waals surface area contributed by atoms with Gasteiger partial charge in [-0.3, -0.25) is 14.8 Å². The van der Waals surface area contributed by atoms with Crippen molar-refractivity contribution < 1.29 is 55.7 Å². The van der Waals surface area contributed by atoms with Crippen molar-refractivity contribution in [3.63, 3.8) is 0 Å². The summed E-state index contributed by atoms with van der Waals surface area (Å²) in [5.41, 5.74) is 3.46. The van der Waals surface area contributed by atoms with Crippen LogP contribution in [0.5, 0.6) is 5.88 Å². The molecule has 5 rings (SSSR count). The molecule has 1 saturated heterocycles. The monoisotopic (exact) mass is 655 g/mol. The van der Waals surface area contributed by atoms with Gasteiger partial charge < -0.3 is 20.3 Å². The van der Waals surface area contributed by atoms with E-state index in [1.165, 1.54) is 5.56 Å². The van der Waals surface area contributed by atoms with Crippen LogP contribution in [0.4, 0.5) is 32.0 Å². The predicted molar refractivity (Wildman–Crippen MR) is 151 cm³/mol. The van der Waals surface area contributed by atoms with Crippen LogP contribution in [0, 0.1) is 0 Å². The zero-order valence-electron chi connectivity index (χ0n) is 23.7. The van der Waals surface area contributed by atoms with Crippen LogP contribution >= 0.6 is 0 Å². The molecule has 46 heavy (non-hydrogen) atoms. The molecule has 4 N–H and O–H groups in total. The number of ether oxygens (including phenoxy) is 1. The molecule has 3 heterocycles. The Hall–Kier alpha value is -5.19. The molecule has 0 radical (unpaired) electrons. The Labute approximate surface area is 256 Å². The van der Waals surface area contributed by atoms with Crippen LogP contribution in [0.3, 0.4) is 0 Å². The average molecular weight is 656 g/mol. The molecule has 0 bridgehead atoms. The van der Waals surface area contributed by atoms with Crippen LogP contribution in [0.2, 0.25) is 0 Å². The molecular formula is C29H27F6N5O6. The van der Waals surface area contributed by atoms with E-state index in [1.807, 2.05) is 24.3 Å². The molecule has 2 aromatic heterocycles. The molecular weight excluding hydrogens is 628 g/mol. The fourth-order valence-electron chi connectivity index (χ4n) is 4.10. The number of halogens is 6. The van der Waals surface area contributed by atoms with Gasteiger partial charge in [-0.25, -0.2) is 14.6 Å². The largest absolute Gasteiger partial charge is 0.490 e. The average Bonchev–Trinajstić information content (AvgIpc) is 3.46. The van der Waals surface area contributed by atoms with E-state index in [9.17, 15) is 31.1 Å². The maximum absolute atomic E-state index is 12.8. The lowest BCUT2D eigenvalue weighted by Gasteiger charge is -2.32. The van der Waals surface area contributed by atoms with E-state index in [0.29, 0.717) is 17.1 Å². The zero-order valence-corrected chi connectivity index (χ0v) is 23.7. The van der Waals surface area contributed by atoms with Gasteiger partial charge in [0.1, 0.15) is 6.10 Å². The van der Waals surface area contributed by atoms with E-state index in [4.69, 9.17) is 24.5 Å². The van der Waals surface area contributed by atoms with Crippen molar-refractivity contribution in [3.8, 4) is 5.88 Å². The van der Waals surface area contributed by atoms with E-state index >= 15 is 0 Å². The van der Waals surface area contributed by atoms with Crippen LogP contribution in [0.1, 0.15) is 28.8 Å². The fourth-order valence-corrected chi connectivity index (χ4v) is 4.10. The molecule has 1 amide bonds. The van der Waals surface area contributed by atoms with E-state index in [0.717, 1.165) is 43.4 Å². The van der Waals surface area contributed by atoms with Crippen molar-refractivity contribution in [1.29, 1.82) is 0 Å². The number of carbonyl (C=O) groups excluding carboxylic acids is 1. The van der Waals surface area contributed by atoms with Gasteiger partial charge in [0, 0.05) is 42.0 Å². The number of alkyl halides is 6. The third kappa shape index (κ3) is 11.4. The van der Waals surface area contributed by atoms with Gasteiger partial charge in [-0.2, -0.15) is 31.4 Å². The van der Waals surface area contributed by atoms with Crippen LogP contribution in [0.25, 0.3) is 10.9 Å². The Morgan fingerprint density at radius 3 is 2.24 bits per heavy atom. The number of carboxylic acid groups (broad SMARTS) is 2. The number of piperidine rings is 1. The van der Waals surface area contributed by atoms with Crippen LogP contribution in [0.15, 0.2) is 73.1 Å². The summed E-state index contributed by atoms with van der Waals surface area (Å²) in [6.07, 6.45) is -4.70. The minimum atomic E-state index is -5.08. The number of hydrogen-bond acceptors (Lipinski definition) is 7. The molecule has 11 nitrogen and oxygen atoms in total. The van der Waals surface area contributed by atoms with E-state index < -0.39 is 24.3 Å². The number of H-pyrrole nitrogens is 1. The maximum Gasteiger partial charge on any atom is 0.490 e. The summed E-state index contributed by atoms with van der Waals surface area (Å²) in [6, 6.07) is 19.5. The number of nitrogens with one attached hydrogen (secondary N) is 2. The number of rotatable bonds is 6. The first kappa shape index (κ1) is 35.3. The van der Waals surface area contributed by atoms with Gasteiger partial charge >= 0.3 is 24.3 Å². The Bertz CT molecular complexity index is 1590. The number of fused-ring (bicyclic) bond motifs is 1. The van der Waals surface area contributed by atoms with Crippen LogP contribution < -0.4 is 10.1 Å². The molecule has 4 aromatic rings. The minimum absolute atomic E-state index is 0.0572. The van der Waals surface area contributed by atoms with Gasteiger partial charge in [0.05, 0.1) is 11.7 Å². The number of likely N-dealkylation sites (tertiary alicyclic amines) is 1. The summed E-state index contributed by atoms with van der Waals surface area (Å²) in [4.78, 5) is 37.3. The quantitative estimate of drug-likeness (QED) is 0.196. The molecule has 2 aromatic carbocycles. The number of amides is 1. The molecule has 1 aliphatic heterocycles. The number of benzene rings is 2. The Morgan fingerprint density at radius 1 is 0.957 bits per heavy atom. The molecule has 0 unspecified atom stereocenters. The Kier molecular flexibility index (Phi) is 12.0. The van der Waals surface area contributed by atoms with E-state index in [-0.39, 0.29) is 12.0 Å². The number of aromatic amines is 1. The number of carboxylic acids is 2. The molecule has 0 aliphatic carbocycles. The highest BCUT2D eigenvalue weighted by Crippen LogP contribution is 2.21. The van der Waals surface area contributed by atoms with Gasteiger partial charge in [0.25, 0.3) is 5.91 Å². The smallest absolute Gasteiger partial charge is 0.475 e. The summed E-state index contributed by atoms with van der Waals surface area (Å²) in [5.74, 6) is -5.23. The standard InChI is InChI=1S/C25H25N5O2.2C2HF3O2/c31-25(28-21-8-9-23-20(13-21)15-27-29-23)19-10-11-26-24(14-19)32-22-7-4-12-30(17-22)16-18-5-2-1-3-6-18;2*3-2(4,5)1(6)7/h1-3,5-6,8-11,13-15,22H,4,7,12,16-17H2,(H,27,29)(H,28,31);2*(H,6,7)/t22-;;/m1../s1. The minimum Gasteiger partial charge on any atom is -0.475 e. The highest BCUT2D eigenvalue weighted by Gasteiger charge is 2.38. The lowest BCUT2D eigenvalue weighted by Crippen LogP contribution is -2.40. The van der Waals surface area contributed by atoms with Crippen molar-refractivity contribution in [1.82, 2.24) is 20.1 Å². The lowest BCUT2D eigenvalue weighted by atomic mass is 10.1. The molecule has 246 valence electrons. The van der Waals surface area contributed by atoms with E-state index in [2.05, 4.69) is 49.7 Å². The molecule has 1 aliphatic rings. The fraction of sp³-hybridized carbons (Fsp3) is 0.276. The first-order valence-electron chi connectivity index (χ1n) is 13.4. The number of hydrogen-bond donors (Lipinski definition) is 4. The highest BCUT2D eigenvalue weighted by molar-refractivity contribution is 6.05. The predicted octanol–water partition coefficient (Wildman–Crippen LogP) is 5.52. The molecule has 0 spiro atoms. The maximum atomic E-state index is 12.8. The van der Waals surface area contributed by atoms with Crippen molar-refractivity contribution in [2.75, 3.05) is 18.4 Å². The summed E-state index contributed by atoms with van der Waals surface area (Å²) in [7, 11) is 0. The summed E-state index contributed by atoms with van der Waals surface area (Å²) in [5, 5.41) is 25.0. The molecule has 1 atom stereocenters. The molecule has 17 heteroatoms. The van der Waals surface area contributed by atoms with E-state index in [1.54, 1.807) is 24.5 Å². The second-order valence-corrected chi connectivity index (χ2v) is 9.72. The molecule has 1 fully saturated rings. The second kappa shape index (κ2) is 15.7. The number of nitrogens with zero attached hydrogens (tertiary/aromatic N) is 3. The topological polar surface area (TPSA) is 158 Å². The zero-order chi connectivity index (χ0) is 33.9. The summed E-state index contributed by atoms with van der Waals surface area (Å²) < 4.78 is 69.6. The van der Waals surface area contributed by atoms with Gasteiger partial charge in [-0.15, -0.1) is 0 Å². The Balaban J connectivity index is 0.000000345. The normalized spacial score (nSPS) is 15.0. The number of aromatic nitrogens is 3. The highest BCUT2D eigenvalue weighted by atomic mass is 19.4. The first-order chi connectivity index (χ1) is 21.6. The van der Waals surface area contributed by atoms with Gasteiger partial charge in [0.15, 0.2) is 0 Å². The van der Waals surface area contributed by atoms with Crippen molar-refractivity contribution in [2.45, 2.75) is 37.8 Å². The summed E-state index contributed by atoms with van der Waals surface area (Å²) >= 11 is 0. The number of anilines is 1. The number of carbonyl (C=O) groups is 3. The number of aliphatic carboxylic acids is 2. The Morgan fingerprint density at radius 2 is 1.61 bits per heavy atom. The van der Waals surface area contributed by atoms with Crippen molar-refractivity contribution in [3.05, 3.63) is 84.2 Å². The van der Waals surface area contributed by atoms with Crippen molar-refractivity contribution >= 4 is 34.4 Å². The first-order valence-corrected chi connectivity index (χ1v) is 13.4. The second-order valence-electron chi connectivity index (χ2n) is 9.72. The van der Waals surface area contributed by atoms with Gasteiger partial charge in [-0.1, -0.05) is 30.3 Å². The van der Waals surface area contributed by atoms with Gasteiger partial charge in [0.2, 0.25) is 5.88 Å². The SMILES string of the molecule is O=C(Nc1ccc2[nH]ncc2c1)c1ccnc(O[C@@H]2CCCN(Cc3ccccc3)C2)c1.O=C(O)C(F)(F)F.O=C(O)C(F)(F)F. The third-order valence-electron chi connectivity index (χ3n) is 6.18. The van der Waals surface area contributed by atoms with Crippen LogP contribution in [-0.2, 0) is 16.1 Å². The lowest BCUT2D eigenvalue weighted by molar-refractivity contribution is -0.193. The third-order valence-corrected chi connectivity index (χ3v) is 6.18. The van der Waals surface area contributed by atoms with Crippen molar-refractivity contribution in [2.24, 2.45) is 0 Å². The van der Waals surface area contributed by atoms with Gasteiger partial charge in [-0.05, 0) is 49.2 Å². The number of pyridine rings is 1. The molecule has 0 saturated carbocycles. The summed E-state index contributed by atoms with van der Waals surface area (Å²) in [6.45, 7) is 2.82. The van der Waals surface area contributed by atoms with Crippen LogP contribution in [-0.4, -0.2) is 79.7 Å².